The Hall–Kier alpha value is -1.16. The van der Waals surface area contributed by atoms with Gasteiger partial charge >= 0.3 is 0 Å². The van der Waals surface area contributed by atoms with Gasteiger partial charge in [-0.05, 0) is 26.4 Å². The zero-order chi connectivity index (χ0) is 9.26. The van der Waals surface area contributed by atoms with Gasteiger partial charge in [-0.2, -0.15) is 0 Å². The first-order chi connectivity index (χ1) is 6.31. The normalized spacial score (nSPS) is 23.6. The van der Waals surface area contributed by atoms with E-state index in [1.54, 1.807) is 0 Å². The molecule has 1 saturated heterocycles. The van der Waals surface area contributed by atoms with Gasteiger partial charge in [-0.3, -0.25) is 9.69 Å². The Morgan fingerprint density at radius 3 is 3.15 bits per heavy atom. The summed E-state index contributed by atoms with van der Waals surface area (Å²) in [5, 5.41) is 0. The van der Waals surface area contributed by atoms with Crippen molar-refractivity contribution in [2.75, 3.05) is 13.6 Å². The van der Waals surface area contributed by atoms with E-state index in [1.807, 2.05) is 7.05 Å². The van der Waals surface area contributed by atoms with Crippen LogP contribution >= 0.6 is 0 Å². The summed E-state index contributed by atoms with van der Waals surface area (Å²) in [5.74, 6) is 0.669. The van der Waals surface area contributed by atoms with Crippen LogP contribution in [0.4, 0.5) is 0 Å². The van der Waals surface area contributed by atoms with Crippen LogP contribution in [-0.2, 0) is 0 Å². The molecule has 0 radical (unpaired) electrons. The molecule has 0 bridgehead atoms. The van der Waals surface area contributed by atoms with Crippen LogP contribution in [0.25, 0.3) is 0 Å². The number of oxazole rings is 1. The van der Waals surface area contributed by atoms with Crippen LogP contribution in [0.15, 0.2) is 10.7 Å². The lowest BCUT2D eigenvalue weighted by atomic mass is 10.2. The number of rotatable bonds is 2. The quantitative estimate of drug-likeness (QED) is 0.643. The molecule has 0 saturated carbocycles. The fourth-order valence-corrected chi connectivity index (χ4v) is 1.73. The van der Waals surface area contributed by atoms with Crippen molar-refractivity contribution in [3.8, 4) is 0 Å². The van der Waals surface area contributed by atoms with E-state index in [0.29, 0.717) is 17.9 Å². The molecule has 0 amide bonds. The van der Waals surface area contributed by atoms with Crippen LogP contribution in [0.2, 0.25) is 0 Å². The Balaban J connectivity index is 2.19. The predicted octanol–water partition coefficient (Wildman–Crippen LogP) is 1.25. The summed E-state index contributed by atoms with van der Waals surface area (Å²) >= 11 is 0. The summed E-state index contributed by atoms with van der Waals surface area (Å²) in [5.41, 5.74) is 0.385. The van der Waals surface area contributed by atoms with Crippen LogP contribution in [0, 0.1) is 0 Å². The lowest BCUT2D eigenvalue weighted by Crippen LogP contribution is -2.17. The van der Waals surface area contributed by atoms with E-state index in [0.717, 1.165) is 13.0 Å². The fraction of sp³-hybridized carbons (Fsp3) is 0.556. The van der Waals surface area contributed by atoms with Gasteiger partial charge in [-0.1, -0.05) is 0 Å². The molecule has 13 heavy (non-hydrogen) atoms. The Labute approximate surface area is 76.6 Å². The molecule has 1 aliphatic heterocycles. The predicted molar refractivity (Wildman–Crippen MR) is 46.5 cm³/mol. The zero-order valence-electron chi connectivity index (χ0n) is 7.56. The van der Waals surface area contributed by atoms with Gasteiger partial charge in [-0.15, -0.1) is 0 Å². The van der Waals surface area contributed by atoms with Crippen molar-refractivity contribution >= 4 is 6.29 Å². The average molecular weight is 180 g/mol. The zero-order valence-corrected chi connectivity index (χ0v) is 7.56. The molecule has 0 N–H and O–H groups in total. The minimum absolute atomic E-state index is 0.258. The highest BCUT2D eigenvalue weighted by Crippen LogP contribution is 2.29. The van der Waals surface area contributed by atoms with E-state index >= 15 is 0 Å². The first-order valence-electron chi connectivity index (χ1n) is 4.42. The van der Waals surface area contributed by atoms with Crippen molar-refractivity contribution in [1.29, 1.82) is 0 Å². The van der Waals surface area contributed by atoms with E-state index in [2.05, 4.69) is 9.88 Å². The van der Waals surface area contributed by atoms with Gasteiger partial charge in [-0.25, -0.2) is 4.98 Å². The molecule has 0 spiro atoms. The molecule has 1 atom stereocenters. The highest BCUT2D eigenvalue weighted by molar-refractivity contribution is 5.70. The summed E-state index contributed by atoms with van der Waals surface area (Å²) in [4.78, 5) is 16.7. The van der Waals surface area contributed by atoms with Crippen molar-refractivity contribution in [1.82, 2.24) is 9.88 Å². The smallest absolute Gasteiger partial charge is 0.212 e. The molecule has 1 aromatic heterocycles. The van der Waals surface area contributed by atoms with Crippen LogP contribution in [0.5, 0.6) is 0 Å². The molecule has 70 valence electrons. The maximum atomic E-state index is 10.4. The summed E-state index contributed by atoms with van der Waals surface area (Å²) in [6.45, 7) is 1.07. The second kappa shape index (κ2) is 3.30. The number of carbonyl (C=O) groups excluding carboxylic acids is 1. The minimum Gasteiger partial charge on any atom is -0.446 e. The molecule has 1 fully saturated rings. The third-order valence-electron chi connectivity index (χ3n) is 2.47. The van der Waals surface area contributed by atoms with E-state index < -0.39 is 0 Å². The largest absolute Gasteiger partial charge is 0.446 e. The van der Waals surface area contributed by atoms with Gasteiger partial charge in [0.25, 0.3) is 0 Å². The molecule has 1 aromatic rings. The SMILES string of the molecule is CN1CCCC1c1nc(C=O)co1. The molecular formula is C9H12N2O2. The van der Waals surface area contributed by atoms with Crippen molar-refractivity contribution in [2.24, 2.45) is 0 Å². The van der Waals surface area contributed by atoms with Crippen molar-refractivity contribution in [3.05, 3.63) is 17.8 Å². The highest BCUT2D eigenvalue weighted by Gasteiger charge is 2.26. The van der Waals surface area contributed by atoms with Crippen LogP contribution in [0.3, 0.4) is 0 Å². The first kappa shape index (κ1) is 8.44. The van der Waals surface area contributed by atoms with Crippen LogP contribution in [-0.4, -0.2) is 29.8 Å². The number of carbonyl (C=O) groups is 1. The number of hydrogen-bond acceptors (Lipinski definition) is 4. The number of aldehydes is 1. The molecular weight excluding hydrogens is 168 g/mol. The number of aromatic nitrogens is 1. The molecule has 0 aromatic carbocycles. The van der Waals surface area contributed by atoms with Gasteiger partial charge in [0.15, 0.2) is 6.29 Å². The Morgan fingerprint density at radius 1 is 1.77 bits per heavy atom. The van der Waals surface area contributed by atoms with Crippen LogP contribution < -0.4 is 0 Å². The summed E-state index contributed by atoms with van der Waals surface area (Å²) < 4.78 is 5.23. The summed E-state index contributed by atoms with van der Waals surface area (Å²) in [6.07, 6.45) is 4.35. The summed E-state index contributed by atoms with van der Waals surface area (Å²) in [7, 11) is 2.04. The minimum atomic E-state index is 0.258. The Kier molecular flexibility index (Phi) is 2.14. The topological polar surface area (TPSA) is 46.3 Å². The Morgan fingerprint density at radius 2 is 2.62 bits per heavy atom. The number of hydrogen-bond donors (Lipinski definition) is 0. The second-order valence-corrected chi connectivity index (χ2v) is 3.37. The molecule has 2 heterocycles. The third-order valence-corrected chi connectivity index (χ3v) is 2.47. The molecule has 1 aliphatic rings. The molecule has 2 rings (SSSR count). The Bertz CT molecular complexity index is 308. The molecule has 1 unspecified atom stereocenters. The van der Waals surface area contributed by atoms with Gasteiger partial charge in [0.2, 0.25) is 5.89 Å². The van der Waals surface area contributed by atoms with Gasteiger partial charge in [0, 0.05) is 0 Å². The average Bonchev–Trinajstić information content (AvgIpc) is 2.71. The maximum absolute atomic E-state index is 10.4. The third kappa shape index (κ3) is 1.49. The fourth-order valence-electron chi connectivity index (χ4n) is 1.73. The molecule has 4 nitrogen and oxygen atoms in total. The lowest BCUT2D eigenvalue weighted by Gasteiger charge is -2.14. The van der Waals surface area contributed by atoms with Gasteiger partial charge < -0.3 is 4.42 Å². The van der Waals surface area contributed by atoms with Gasteiger partial charge in [0.05, 0.1) is 6.04 Å². The molecule has 4 heteroatoms. The standard InChI is InChI=1S/C9H12N2O2/c1-11-4-2-3-8(11)9-10-7(5-12)6-13-9/h5-6,8H,2-4H2,1H3. The van der Waals surface area contributed by atoms with Crippen molar-refractivity contribution in [3.63, 3.8) is 0 Å². The maximum Gasteiger partial charge on any atom is 0.212 e. The number of nitrogens with zero attached hydrogens (tertiary/aromatic N) is 2. The van der Waals surface area contributed by atoms with E-state index in [-0.39, 0.29) is 6.04 Å². The van der Waals surface area contributed by atoms with Crippen molar-refractivity contribution < 1.29 is 9.21 Å². The highest BCUT2D eigenvalue weighted by atomic mass is 16.3. The monoisotopic (exact) mass is 180 g/mol. The molecule has 0 aliphatic carbocycles. The van der Waals surface area contributed by atoms with E-state index in [4.69, 9.17) is 4.42 Å². The summed E-state index contributed by atoms with van der Waals surface area (Å²) in [6, 6.07) is 0.258. The van der Waals surface area contributed by atoms with Crippen molar-refractivity contribution in [2.45, 2.75) is 18.9 Å². The van der Waals surface area contributed by atoms with E-state index in [1.165, 1.54) is 12.7 Å². The first-order valence-corrected chi connectivity index (χ1v) is 4.42. The van der Waals surface area contributed by atoms with Crippen LogP contribution in [0.1, 0.15) is 35.3 Å². The second-order valence-electron chi connectivity index (χ2n) is 3.37. The lowest BCUT2D eigenvalue weighted by molar-refractivity contribution is 0.111. The van der Waals surface area contributed by atoms with Gasteiger partial charge in [0.1, 0.15) is 12.0 Å². The number of likely N-dealkylation sites (tertiary alicyclic amines) is 1. The van der Waals surface area contributed by atoms with E-state index in [9.17, 15) is 4.79 Å².